The number of carbonyl (C=O) groups excluding carboxylic acids is 1. The van der Waals surface area contributed by atoms with Gasteiger partial charge in [0.25, 0.3) is 0 Å². The van der Waals surface area contributed by atoms with Crippen LogP contribution >= 0.6 is 23.4 Å². The number of aromatic nitrogens is 3. The minimum Gasteiger partial charge on any atom is -0.325 e. The van der Waals surface area contributed by atoms with Gasteiger partial charge in [-0.2, -0.15) is 5.26 Å². The lowest BCUT2D eigenvalue weighted by Crippen LogP contribution is -2.14. The maximum absolute atomic E-state index is 12.1. The molecule has 0 aliphatic carbocycles. The molecule has 8 heteroatoms. The molecule has 0 spiro atoms. The second-order valence-electron chi connectivity index (χ2n) is 5.48. The lowest BCUT2D eigenvalue weighted by Gasteiger charge is -2.05. The van der Waals surface area contributed by atoms with Crippen LogP contribution in [-0.2, 0) is 4.79 Å². The number of anilines is 1. The van der Waals surface area contributed by atoms with Gasteiger partial charge in [0.1, 0.15) is 6.07 Å². The lowest BCUT2D eigenvalue weighted by molar-refractivity contribution is -0.113. The van der Waals surface area contributed by atoms with Gasteiger partial charge in [0.2, 0.25) is 11.1 Å². The third-order valence-corrected chi connectivity index (χ3v) is 4.66. The van der Waals surface area contributed by atoms with Crippen LogP contribution in [0.5, 0.6) is 0 Å². The number of rotatable bonds is 5. The molecule has 130 valence electrons. The largest absolute Gasteiger partial charge is 0.325 e. The van der Waals surface area contributed by atoms with E-state index in [1.807, 2.05) is 37.3 Å². The van der Waals surface area contributed by atoms with E-state index in [0.717, 1.165) is 5.56 Å². The van der Waals surface area contributed by atoms with E-state index in [-0.39, 0.29) is 11.7 Å². The van der Waals surface area contributed by atoms with E-state index in [2.05, 4.69) is 20.5 Å². The van der Waals surface area contributed by atoms with Crippen LogP contribution in [0.3, 0.4) is 0 Å². The smallest absolute Gasteiger partial charge is 0.234 e. The first-order valence-electron chi connectivity index (χ1n) is 7.67. The van der Waals surface area contributed by atoms with E-state index in [9.17, 15) is 4.79 Å². The molecule has 0 saturated heterocycles. The molecule has 1 amide bonds. The Morgan fingerprint density at radius 3 is 2.77 bits per heavy atom. The van der Waals surface area contributed by atoms with E-state index < -0.39 is 0 Å². The van der Waals surface area contributed by atoms with Gasteiger partial charge < -0.3 is 5.32 Å². The van der Waals surface area contributed by atoms with Crippen LogP contribution in [-0.4, -0.2) is 26.8 Å². The van der Waals surface area contributed by atoms with Gasteiger partial charge in [0.05, 0.1) is 16.3 Å². The molecule has 6 nitrogen and oxygen atoms in total. The lowest BCUT2D eigenvalue weighted by atomic mass is 10.1. The van der Waals surface area contributed by atoms with E-state index >= 15 is 0 Å². The van der Waals surface area contributed by atoms with Crippen LogP contribution in [0.25, 0.3) is 11.4 Å². The fraction of sp³-hybridized carbons (Fsp3) is 0.111. The Morgan fingerprint density at radius 1 is 1.31 bits per heavy atom. The average molecular weight is 384 g/mol. The van der Waals surface area contributed by atoms with Crippen LogP contribution < -0.4 is 5.32 Å². The summed E-state index contributed by atoms with van der Waals surface area (Å²) >= 11 is 7.18. The highest BCUT2D eigenvalue weighted by molar-refractivity contribution is 7.99. The van der Waals surface area contributed by atoms with Crippen LogP contribution in [0.4, 0.5) is 5.69 Å². The summed E-state index contributed by atoms with van der Waals surface area (Å²) in [5.74, 6) is 0.604. The Hall–Kier alpha value is -2.82. The molecule has 2 N–H and O–H groups in total. The van der Waals surface area contributed by atoms with Gasteiger partial charge in [0.15, 0.2) is 5.82 Å². The molecule has 0 aliphatic rings. The van der Waals surface area contributed by atoms with Crippen LogP contribution in [0.15, 0.2) is 47.6 Å². The second kappa shape index (κ2) is 8.04. The van der Waals surface area contributed by atoms with E-state index in [1.165, 1.54) is 17.3 Å². The maximum Gasteiger partial charge on any atom is 0.234 e. The number of amides is 1. The summed E-state index contributed by atoms with van der Waals surface area (Å²) < 4.78 is 0. The number of carbonyl (C=O) groups is 1. The number of nitrogens with one attached hydrogen (secondary N) is 2. The summed E-state index contributed by atoms with van der Waals surface area (Å²) in [6.45, 7) is 2.02. The van der Waals surface area contributed by atoms with Gasteiger partial charge in [0, 0.05) is 11.3 Å². The molecule has 0 bridgehead atoms. The number of benzene rings is 2. The molecule has 0 saturated carbocycles. The van der Waals surface area contributed by atoms with Gasteiger partial charge in [-0.1, -0.05) is 53.2 Å². The number of H-pyrrole nitrogens is 1. The van der Waals surface area contributed by atoms with Gasteiger partial charge >= 0.3 is 0 Å². The highest BCUT2D eigenvalue weighted by Crippen LogP contribution is 2.22. The maximum atomic E-state index is 12.1. The minimum absolute atomic E-state index is 0.156. The first-order valence-corrected chi connectivity index (χ1v) is 9.03. The van der Waals surface area contributed by atoms with Crippen molar-refractivity contribution in [1.82, 2.24) is 15.2 Å². The molecule has 0 unspecified atom stereocenters. The molecule has 1 heterocycles. The number of hydrogen-bond donors (Lipinski definition) is 2. The summed E-state index contributed by atoms with van der Waals surface area (Å²) in [6, 6.07) is 14.6. The van der Waals surface area contributed by atoms with Crippen molar-refractivity contribution in [2.75, 3.05) is 11.1 Å². The molecule has 2 aromatic carbocycles. The summed E-state index contributed by atoms with van der Waals surface area (Å²) in [5, 5.41) is 19.4. The molecular formula is C18H14ClN5OS. The molecule has 3 rings (SSSR count). The third-order valence-electron chi connectivity index (χ3n) is 3.50. The number of aromatic amines is 1. The van der Waals surface area contributed by atoms with E-state index in [1.54, 1.807) is 18.2 Å². The Bertz CT molecular complexity index is 978. The van der Waals surface area contributed by atoms with Crippen LogP contribution in [0, 0.1) is 18.3 Å². The van der Waals surface area contributed by atoms with Crippen molar-refractivity contribution in [2.45, 2.75) is 12.1 Å². The molecule has 0 atom stereocenters. The Labute approximate surface area is 159 Å². The SMILES string of the molecule is Cc1ccc(-c2nc(SCC(=O)Nc3ccc(C#N)c(Cl)c3)n[nH]2)cc1. The first-order chi connectivity index (χ1) is 12.5. The first kappa shape index (κ1) is 18.0. The molecule has 1 aromatic heterocycles. The predicted octanol–water partition coefficient (Wildman–Crippen LogP) is 4.04. The summed E-state index contributed by atoms with van der Waals surface area (Å²) in [5.41, 5.74) is 3.01. The van der Waals surface area contributed by atoms with Gasteiger partial charge in [-0.05, 0) is 25.1 Å². The molecule has 3 aromatic rings. The third kappa shape index (κ3) is 4.42. The Kier molecular flexibility index (Phi) is 5.56. The van der Waals surface area contributed by atoms with Crippen LogP contribution in [0.2, 0.25) is 5.02 Å². The van der Waals surface area contributed by atoms with Crippen molar-refractivity contribution in [2.24, 2.45) is 0 Å². The number of nitrogens with zero attached hydrogens (tertiary/aromatic N) is 3. The number of hydrogen-bond acceptors (Lipinski definition) is 5. The monoisotopic (exact) mass is 383 g/mol. The van der Waals surface area contributed by atoms with Gasteiger partial charge in [-0.25, -0.2) is 4.98 Å². The molecule has 26 heavy (non-hydrogen) atoms. The quantitative estimate of drug-likeness (QED) is 0.648. The highest BCUT2D eigenvalue weighted by atomic mass is 35.5. The van der Waals surface area contributed by atoms with E-state index in [4.69, 9.17) is 16.9 Å². The van der Waals surface area contributed by atoms with Crippen molar-refractivity contribution in [3.63, 3.8) is 0 Å². The number of aryl methyl sites for hydroxylation is 1. The second-order valence-corrected chi connectivity index (χ2v) is 6.83. The Morgan fingerprint density at radius 2 is 2.08 bits per heavy atom. The average Bonchev–Trinajstić information content (AvgIpc) is 3.10. The van der Waals surface area contributed by atoms with Crippen molar-refractivity contribution in [3.8, 4) is 17.5 Å². The van der Waals surface area contributed by atoms with Crippen molar-refractivity contribution < 1.29 is 4.79 Å². The fourth-order valence-electron chi connectivity index (χ4n) is 2.16. The minimum atomic E-state index is -0.211. The Balaban J connectivity index is 1.57. The van der Waals surface area contributed by atoms with Gasteiger partial charge in [-0.3, -0.25) is 9.89 Å². The van der Waals surface area contributed by atoms with Crippen LogP contribution in [0.1, 0.15) is 11.1 Å². The number of nitriles is 1. The summed E-state index contributed by atoms with van der Waals surface area (Å²) in [6.07, 6.45) is 0. The number of thioether (sulfide) groups is 1. The number of halogens is 1. The van der Waals surface area contributed by atoms with Gasteiger partial charge in [-0.15, -0.1) is 5.10 Å². The summed E-state index contributed by atoms with van der Waals surface area (Å²) in [4.78, 5) is 16.4. The van der Waals surface area contributed by atoms with Crippen molar-refractivity contribution >= 4 is 35.0 Å². The molecule has 0 fully saturated rings. The summed E-state index contributed by atoms with van der Waals surface area (Å²) in [7, 11) is 0. The van der Waals surface area contributed by atoms with Crippen molar-refractivity contribution in [3.05, 3.63) is 58.6 Å². The van der Waals surface area contributed by atoms with Crippen molar-refractivity contribution in [1.29, 1.82) is 5.26 Å². The molecular weight excluding hydrogens is 370 g/mol. The zero-order chi connectivity index (χ0) is 18.5. The molecule has 0 aliphatic heterocycles. The fourth-order valence-corrected chi connectivity index (χ4v) is 2.98. The molecule has 0 radical (unpaired) electrons. The standard InChI is InChI=1S/C18H14ClN5OS/c1-11-2-4-12(5-3-11)17-22-18(24-23-17)26-10-16(25)21-14-7-6-13(9-20)15(19)8-14/h2-8H,10H2,1H3,(H,21,25)(H,22,23,24). The highest BCUT2D eigenvalue weighted by Gasteiger charge is 2.10. The zero-order valence-electron chi connectivity index (χ0n) is 13.8. The normalized spacial score (nSPS) is 10.3. The topological polar surface area (TPSA) is 94.5 Å². The predicted molar refractivity (Wildman–Crippen MR) is 102 cm³/mol. The zero-order valence-corrected chi connectivity index (χ0v) is 15.4. The van der Waals surface area contributed by atoms with E-state index in [0.29, 0.717) is 27.3 Å².